The maximum Gasteiger partial charge on any atom is 0.251 e. The van der Waals surface area contributed by atoms with Crippen molar-refractivity contribution in [1.82, 2.24) is 10.6 Å². The van der Waals surface area contributed by atoms with Gasteiger partial charge in [0.2, 0.25) is 5.91 Å². The minimum atomic E-state index is -0.372. The second-order valence-electron chi connectivity index (χ2n) is 5.49. The number of amides is 2. The average molecular weight is 342 g/mol. The van der Waals surface area contributed by atoms with Gasteiger partial charge in [0, 0.05) is 18.2 Å². The van der Waals surface area contributed by atoms with Crippen LogP contribution in [0.15, 0.2) is 42.5 Å². The van der Waals surface area contributed by atoms with Gasteiger partial charge in [-0.1, -0.05) is 24.3 Å². The third kappa shape index (κ3) is 5.24. The Morgan fingerprint density at radius 2 is 1.60 bits per heavy atom. The van der Waals surface area contributed by atoms with Gasteiger partial charge in [-0.2, -0.15) is 0 Å². The first kappa shape index (κ1) is 18.3. The van der Waals surface area contributed by atoms with E-state index < -0.39 is 0 Å². The number of carbonyl (C=O) groups excluding carboxylic acids is 2. The number of ether oxygens (including phenoxy) is 2. The Morgan fingerprint density at radius 3 is 2.20 bits per heavy atom. The minimum Gasteiger partial charge on any atom is -0.497 e. The van der Waals surface area contributed by atoms with Crippen molar-refractivity contribution in [1.29, 1.82) is 0 Å². The highest BCUT2D eigenvalue weighted by molar-refractivity contribution is 5.97. The summed E-state index contributed by atoms with van der Waals surface area (Å²) in [6.45, 7) is 2.30. The Morgan fingerprint density at radius 1 is 0.960 bits per heavy atom. The molecule has 6 heteroatoms. The number of rotatable bonds is 7. The quantitative estimate of drug-likeness (QED) is 0.807. The van der Waals surface area contributed by atoms with Gasteiger partial charge >= 0.3 is 0 Å². The second-order valence-corrected chi connectivity index (χ2v) is 5.49. The number of carbonyl (C=O) groups is 2. The predicted octanol–water partition coefficient (Wildman–Crippen LogP) is 2.06. The van der Waals surface area contributed by atoms with E-state index in [4.69, 9.17) is 9.47 Å². The zero-order chi connectivity index (χ0) is 18.2. The lowest BCUT2D eigenvalue weighted by Gasteiger charge is -2.10. The number of hydrogen-bond acceptors (Lipinski definition) is 4. The van der Waals surface area contributed by atoms with E-state index in [1.54, 1.807) is 18.2 Å². The molecule has 0 saturated heterocycles. The van der Waals surface area contributed by atoms with Crippen LogP contribution in [0.4, 0.5) is 0 Å². The smallest absolute Gasteiger partial charge is 0.251 e. The van der Waals surface area contributed by atoms with Crippen LogP contribution in [0.3, 0.4) is 0 Å². The molecule has 2 aromatic rings. The van der Waals surface area contributed by atoms with Crippen LogP contribution in [0, 0.1) is 6.92 Å². The number of hydrogen-bond donors (Lipinski definition) is 2. The van der Waals surface area contributed by atoms with Crippen molar-refractivity contribution in [3.05, 3.63) is 59.2 Å². The number of methoxy groups -OCH3 is 2. The molecule has 0 spiro atoms. The molecule has 0 saturated carbocycles. The van der Waals surface area contributed by atoms with Crippen molar-refractivity contribution in [2.24, 2.45) is 0 Å². The summed E-state index contributed by atoms with van der Waals surface area (Å²) in [5, 5.41) is 5.38. The molecule has 0 aliphatic rings. The molecule has 0 aliphatic heterocycles. The molecule has 0 radical (unpaired) electrons. The summed E-state index contributed by atoms with van der Waals surface area (Å²) in [5.41, 5.74) is 2.51. The van der Waals surface area contributed by atoms with Gasteiger partial charge in [0.25, 0.3) is 5.91 Å². The molecule has 2 N–H and O–H groups in total. The van der Waals surface area contributed by atoms with Crippen molar-refractivity contribution in [2.75, 3.05) is 20.8 Å². The van der Waals surface area contributed by atoms with E-state index in [0.717, 1.165) is 11.1 Å². The zero-order valence-electron chi connectivity index (χ0n) is 14.6. The maximum absolute atomic E-state index is 12.2. The van der Waals surface area contributed by atoms with E-state index in [9.17, 15) is 9.59 Å². The van der Waals surface area contributed by atoms with Crippen LogP contribution in [0.1, 0.15) is 21.5 Å². The third-order valence-electron chi connectivity index (χ3n) is 3.76. The van der Waals surface area contributed by atoms with Gasteiger partial charge in [-0.05, 0) is 30.2 Å². The molecule has 0 bridgehead atoms. The van der Waals surface area contributed by atoms with Crippen molar-refractivity contribution in [3.63, 3.8) is 0 Å². The van der Waals surface area contributed by atoms with Gasteiger partial charge in [0.05, 0.1) is 20.8 Å². The summed E-state index contributed by atoms with van der Waals surface area (Å²) < 4.78 is 10.3. The molecule has 6 nitrogen and oxygen atoms in total. The average Bonchev–Trinajstić information content (AvgIpc) is 2.64. The zero-order valence-corrected chi connectivity index (χ0v) is 14.6. The fraction of sp³-hybridized carbons (Fsp3) is 0.263. The standard InChI is InChI=1S/C19H22N2O4/c1-13-6-4-5-7-14(13)11-20-18(22)12-21-19(23)15-8-16(24-2)10-17(9-15)25-3/h4-10H,11-12H2,1-3H3,(H,20,22)(H,21,23). The lowest BCUT2D eigenvalue weighted by atomic mass is 10.1. The van der Waals surface area contributed by atoms with Crippen LogP contribution in [0.25, 0.3) is 0 Å². The van der Waals surface area contributed by atoms with Crippen LogP contribution >= 0.6 is 0 Å². The highest BCUT2D eigenvalue weighted by Gasteiger charge is 2.11. The summed E-state index contributed by atoms with van der Waals surface area (Å²) in [7, 11) is 3.02. The molecule has 0 fully saturated rings. The number of nitrogens with one attached hydrogen (secondary N) is 2. The van der Waals surface area contributed by atoms with Crippen molar-refractivity contribution >= 4 is 11.8 Å². The predicted molar refractivity (Wildman–Crippen MR) is 94.9 cm³/mol. The van der Waals surface area contributed by atoms with E-state index in [-0.39, 0.29) is 18.4 Å². The summed E-state index contributed by atoms with van der Waals surface area (Å²) in [6.07, 6.45) is 0. The lowest BCUT2D eigenvalue weighted by Crippen LogP contribution is -2.36. The molecule has 2 amide bonds. The Hall–Kier alpha value is -3.02. The van der Waals surface area contributed by atoms with E-state index in [1.165, 1.54) is 14.2 Å². The highest BCUT2D eigenvalue weighted by atomic mass is 16.5. The topological polar surface area (TPSA) is 76.7 Å². The van der Waals surface area contributed by atoms with Crippen LogP contribution < -0.4 is 20.1 Å². The van der Waals surface area contributed by atoms with Gasteiger partial charge in [-0.25, -0.2) is 0 Å². The molecular weight excluding hydrogens is 320 g/mol. The van der Waals surface area contributed by atoms with E-state index in [0.29, 0.717) is 23.6 Å². The molecule has 0 unspecified atom stereocenters. The summed E-state index contributed by atoms with van der Waals surface area (Å²) in [5.74, 6) is 0.386. The SMILES string of the molecule is COc1cc(OC)cc(C(=O)NCC(=O)NCc2ccccc2C)c1. The fourth-order valence-electron chi connectivity index (χ4n) is 2.27. The molecule has 25 heavy (non-hydrogen) atoms. The lowest BCUT2D eigenvalue weighted by molar-refractivity contribution is -0.120. The third-order valence-corrected chi connectivity index (χ3v) is 3.76. The number of aryl methyl sites for hydroxylation is 1. The van der Waals surface area contributed by atoms with Crippen LogP contribution in [-0.4, -0.2) is 32.6 Å². The van der Waals surface area contributed by atoms with Crippen molar-refractivity contribution in [3.8, 4) is 11.5 Å². The Bertz CT molecular complexity index is 737. The number of benzene rings is 2. The monoisotopic (exact) mass is 342 g/mol. The molecule has 0 aromatic heterocycles. The first-order valence-electron chi connectivity index (χ1n) is 7.86. The van der Waals surface area contributed by atoms with Crippen LogP contribution in [0.2, 0.25) is 0 Å². The van der Waals surface area contributed by atoms with Gasteiger partial charge < -0.3 is 20.1 Å². The Balaban J connectivity index is 1.89. The van der Waals surface area contributed by atoms with Crippen molar-refractivity contribution < 1.29 is 19.1 Å². The normalized spacial score (nSPS) is 10.0. The highest BCUT2D eigenvalue weighted by Crippen LogP contribution is 2.22. The van der Waals surface area contributed by atoms with Crippen LogP contribution in [0.5, 0.6) is 11.5 Å². The first-order chi connectivity index (χ1) is 12.0. The second kappa shape index (κ2) is 8.73. The van der Waals surface area contributed by atoms with Gasteiger partial charge in [-0.15, -0.1) is 0 Å². The summed E-state index contributed by atoms with van der Waals surface area (Å²) in [4.78, 5) is 24.1. The molecule has 2 rings (SSSR count). The fourth-order valence-corrected chi connectivity index (χ4v) is 2.27. The first-order valence-corrected chi connectivity index (χ1v) is 7.86. The van der Waals surface area contributed by atoms with Gasteiger partial charge in [0.15, 0.2) is 0 Å². The molecule has 2 aromatic carbocycles. The maximum atomic E-state index is 12.2. The minimum absolute atomic E-state index is 0.107. The molecular formula is C19H22N2O4. The Labute approximate surface area is 147 Å². The molecule has 0 heterocycles. The molecule has 132 valence electrons. The van der Waals surface area contributed by atoms with Crippen molar-refractivity contribution in [2.45, 2.75) is 13.5 Å². The molecule has 0 atom stereocenters. The van der Waals surface area contributed by atoms with E-state index >= 15 is 0 Å². The van der Waals surface area contributed by atoms with E-state index in [2.05, 4.69) is 10.6 Å². The largest absolute Gasteiger partial charge is 0.497 e. The summed E-state index contributed by atoms with van der Waals surface area (Å²) >= 11 is 0. The summed E-state index contributed by atoms with van der Waals surface area (Å²) in [6, 6.07) is 12.7. The van der Waals surface area contributed by atoms with E-state index in [1.807, 2.05) is 31.2 Å². The van der Waals surface area contributed by atoms with Gasteiger partial charge in [0.1, 0.15) is 11.5 Å². The van der Waals surface area contributed by atoms with Gasteiger partial charge in [-0.3, -0.25) is 9.59 Å². The van der Waals surface area contributed by atoms with Crippen LogP contribution in [-0.2, 0) is 11.3 Å². The molecule has 0 aliphatic carbocycles. The Kier molecular flexibility index (Phi) is 6.39.